The van der Waals surface area contributed by atoms with E-state index in [1.54, 1.807) is 24.3 Å². The number of carbonyl (C=O) groups excluding carboxylic acids is 1. The highest BCUT2D eigenvalue weighted by molar-refractivity contribution is 5.83. The summed E-state index contributed by atoms with van der Waals surface area (Å²) in [5.74, 6) is 0.143. The first-order valence-electron chi connectivity index (χ1n) is 6.89. The van der Waals surface area contributed by atoms with Gasteiger partial charge in [0, 0.05) is 5.92 Å². The Bertz CT molecular complexity index is 609. The van der Waals surface area contributed by atoms with Gasteiger partial charge < -0.3 is 14.8 Å². The van der Waals surface area contributed by atoms with E-state index in [2.05, 4.69) is 5.32 Å². The van der Waals surface area contributed by atoms with Crippen LogP contribution in [-0.4, -0.2) is 17.6 Å². The Balaban J connectivity index is 1.61. The predicted octanol–water partition coefficient (Wildman–Crippen LogP) is 2.37. The molecule has 1 fully saturated rings. The fourth-order valence-corrected chi connectivity index (χ4v) is 2.54. The van der Waals surface area contributed by atoms with Crippen LogP contribution in [0.4, 0.5) is 4.39 Å². The highest BCUT2D eigenvalue weighted by atomic mass is 19.1. The summed E-state index contributed by atoms with van der Waals surface area (Å²) in [5, 5.41) is 12.1. The largest absolute Gasteiger partial charge is 0.467 e. The second-order valence-electron chi connectivity index (χ2n) is 5.26. The molecule has 2 aromatic rings. The molecule has 21 heavy (non-hydrogen) atoms. The normalized spacial score (nSPS) is 21.8. The van der Waals surface area contributed by atoms with Crippen LogP contribution in [0, 0.1) is 11.7 Å². The van der Waals surface area contributed by atoms with Gasteiger partial charge in [-0.05, 0) is 42.2 Å². The monoisotopic (exact) mass is 289 g/mol. The van der Waals surface area contributed by atoms with Gasteiger partial charge in [-0.2, -0.15) is 0 Å². The number of carbonyl (C=O) groups is 1. The van der Waals surface area contributed by atoms with Crippen LogP contribution >= 0.6 is 0 Å². The zero-order valence-electron chi connectivity index (χ0n) is 11.3. The molecule has 2 N–H and O–H groups in total. The van der Waals surface area contributed by atoms with Gasteiger partial charge in [-0.3, -0.25) is 4.79 Å². The minimum absolute atomic E-state index is 0.111. The maximum absolute atomic E-state index is 12.9. The summed E-state index contributed by atoms with van der Waals surface area (Å²) in [4.78, 5) is 12.2. The van der Waals surface area contributed by atoms with Crippen molar-refractivity contribution >= 4 is 5.91 Å². The van der Waals surface area contributed by atoms with Crippen LogP contribution in [0.2, 0.25) is 0 Å². The van der Waals surface area contributed by atoms with Crippen molar-refractivity contribution in [3.05, 3.63) is 59.8 Å². The van der Waals surface area contributed by atoms with Crippen molar-refractivity contribution in [1.29, 1.82) is 0 Å². The Morgan fingerprint density at radius 2 is 2.14 bits per heavy atom. The van der Waals surface area contributed by atoms with E-state index in [1.165, 1.54) is 18.4 Å². The first-order chi connectivity index (χ1) is 10.2. The number of aliphatic hydroxyl groups excluding tert-OH is 1. The van der Waals surface area contributed by atoms with Gasteiger partial charge in [-0.15, -0.1) is 0 Å². The van der Waals surface area contributed by atoms with Gasteiger partial charge in [0.15, 0.2) is 0 Å². The molecule has 4 nitrogen and oxygen atoms in total. The summed E-state index contributed by atoms with van der Waals surface area (Å²) in [7, 11) is 0. The quantitative estimate of drug-likeness (QED) is 0.888. The maximum atomic E-state index is 12.9. The van der Waals surface area contributed by atoms with E-state index >= 15 is 0 Å². The molecule has 1 aliphatic rings. The minimum atomic E-state index is -0.526. The molecule has 0 spiro atoms. The van der Waals surface area contributed by atoms with Gasteiger partial charge in [0.2, 0.25) is 5.91 Å². The molecular weight excluding hydrogens is 273 g/mol. The number of nitrogens with one attached hydrogen (secondary N) is 1. The summed E-state index contributed by atoms with van der Waals surface area (Å²) in [5.41, 5.74) is 0.968. The highest BCUT2D eigenvalue weighted by Crippen LogP contribution is 2.47. The molecule has 1 aliphatic carbocycles. The Morgan fingerprint density at radius 1 is 1.38 bits per heavy atom. The Morgan fingerprint density at radius 3 is 2.76 bits per heavy atom. The maximum Gasteiger partial charge on any atom is 0.224 e. The molecule has 3 rings (SSSR count). The van der Waals surface area contributed by atoms with E-state index in [4.69, 9.17) is 4.42 Å². The second-order valence-corrected chi connectivity index (χ2v) is 5.26. The lowest BCUT2D eigenvalue weighted by Crippen LogP contribution is -2.32. The number of aliphatic hydroxyl groups is 1. The van der Waals surface area contributed by atoms with Crippen LogP contribution in [0.5, 0.6) is 0 Å². The van der Waals surface area contributed by atoms with Crippen LogP contribution in [0.15, 0.2) is 47.1 Å². The lowest BCUT2D eigenvalue weighted by molar-refractivity contribution is -0.123. The van der Waals surface area contributed by atoms with Crippen molar-refractivity contribution < 1.29 is 18.7 Å². The third-order valence-electron chi connectivity index (χ3n) is 3.81. The molecule has 1 aromatic carbocycles. The lowest BCUT2D eigenvalue weighted by atomic mass is 10.1. The summed E-state index contributed by atoms with van der Waals surface area (Å²) < 4.78 is 18.1. The molecule has 0 radical (unpaired) electrons. The first kappa shape index (κ1) is 13.8. The Kier molecular flexibility index (Phi) is 3.75. The summed E-state index contributed by atoms with van der Waals surface area (Å²) in [6, 6.07) is 9.13. The molecule has 3 unspecified atom stereocenters. The highest BCUT2D eigenvalue weighted by Gasteiger charge is 2.44. The number of hydrogen-bond acceptors (Lipinski definition) is 3. The van der Waals surface area contributed by atoms with Crippen LogP contribution in [0.1, 0.15) is 29.7 Å². The van der Waals surface area contributed by atoms with Crippen LogP contribution in [0.25, 0.3) is 0 Å². The third kappa shape index (κ3) is 2.97. The number of furan rings is 1. The molecule has 0 bridgehead atoms. The van der Waals surface area contributed by atoms with E-state index in [0.717, 1.165) is 12.0 Å². The average Bonchev–Trinajstić information content (AvgIpc) is 3.11. The van der Waals surface area contributed by atoms with Crippen molar-refractivity contribution in [2.24, 2.45) is 5.92 Å². The van der Waals surface area contributed by atoms with Gasteiger partial charge in [0.25, 0.3) is 0 Å². The molecule has 110 valence electrons. The van der Waals surface area contributed by atoms with Gasteiger partial charge in [0.1, 0.15) is 17.6 Å². The van der Waals surface area contributed by atoms with Crippen LogP contribution in [0.3, 0.4) is 0 Å². The van der Waals surface area contributed by atoms with E-state index in [1.807, 2.05) is 0 Å². The number of amides is 1. The zero-order valence-corrected chi connectivity index (χ0v) is 11.3. The molecule has 1 heterocycles. The molecule has 0 aliphatic heterocycles. The van der Waals surface area contributed by atoms with Gasteiger partial charge in [0.05, 0.1) is 12.9 Å². The zero-order chi connectivity index (χ0) is 14.8. The number of hydrogen-bond donors (Lipinski definition) is 2. The fourth-order valence-electron chi connectivity index (χ4n) is 2.54. The molecular formula is C16H16FNO3. The molecule has 5 heteroatoms. The van der Waals surface area contributed by atoms with Crippen LogP contribution < -0.4 is 5.32 Å². The Labute approximate surface area is 121 Å². The smallest absolute Gasteiger partial charge is 0.224 e. The Hall–Kier alpha value is -2.14. The van der Waals surface area contributed by atoms with Gasteiger partial charge in [-0.25, -0.2) is 4.39 Å². The fraction of sp³-hybridized carbons (Fsp3) is 0.312. The predicted molar refractivity (Wildman–Crippen MR) is 73.9 cm³/mol. The number of halogens is 1. The molecule has 0 saturated heterocycles. The van der Waals surface area contributed by atoms with Crippen molar-refractivity contribution in [3.8, 4) is 0 Å². The summed E-state index contributed by atoms with van der Waals surface area (Å²) in [6.07, 6.45) is 2.25. The second kappa shape index (κ2) is 5.69. The third-order valence-corrected chi connectivity index (χ3v) is 3.81. The van der Waals surface area contributed by atoms with Gasteiger partial charge >= 0.3 is 0 Å². The standard InChI is InChI=1S/C16H16FNO3/c17-11-5-3-10(4-6-11)12-8-13(12)16(20)18-14(9-19)15-2-1-7-21-15/h1-7,12-14,19H,8-9H2,(H,18,20). The topological polar surface area (TPSA) is 62.5 Å². The molecule has 1 saturated carbocycles. The van der Waals surface area contributed by atoms with Crippen molar-refractivity contribution in [2.45, 2.75) is 18.4 Å². The number of rotatable bonds is 5. The van der Waals surface area contributed by atoms with Crippen LogP contribution in [-0.2, 0) is 4.79 Å². The van der Waals surface area contributed by atoms with E-state index in [9.17, 15) is 14.3 Å². The van der Waals surface area contributed by atoms with E-state index in [-0.39, 0.29) is 30.2 Å². The summed E-state index contributed by atoms with van der Waals surface area (Å²) in [6.45, 7) is -0.215. The summed E-state index contributed by atoms with van der Waals surface area (Å²) >= 11 is 0. The lowest BCUT2D eigenvalue weighted by Gasteiger charge is -2.13. The molecule has 1 aromatic heterocycles. The average molecular weight is 289 g/mol. The molecule has 1 amide bonds. The first-order valence-corrected chi connectivity index (χ1v) is 6.89. The van der Waals surface area contributed by atoms with Crippen molar-refractivity contribution in [1.82, 2.24) is 5.32 Å². The van der Waals surface area contributed by atoms with E-state index in [0.29, 0.717) is 5.76 Å². The van der Waals surface area contributed by atoms with Crippen molar-refractivity contribution in [2.75, 3.05) is 6.61 Å². The minimum Gasteiger partial charge on any atom is -0.467 e. The van der Waals surface area contributed by atoms with E-state index < -0.39 is 6.04 Å². The van der Waals surface area contributed by atoms with Gasteiger partial charge in [-0.1, -0.05) is 12.1 Å². The SMILES string of the molecule is O=C(NC(CO)c1ccco1)C1CC1c1ccc(F)cc1. The number of benzene rings is 1. The van der Waals surface area contributed by atoms with Crippen molar-refractivity contribution in [3.63, 3.8) is 0 Å². The molecule has 3 atom stereocenters.